The molecule has 0 amide bonds. The van der Waals surface area contributed by atoms with Crippen molar-refractivity contribution in [2.24, 2.45) is 10.8 Å². The Morgan fingerprint density at radius 3 is 1.50 bits per heavy atom. The molecule has 4 fully saturated rings. The number of aromatic nitrogens is 10. The predicted molar refractivity (Wildman–Crippen MR) is 308 cm³/mol. The zero-order valence-corrected chi connectivity index (χ0v) is 46.6. The number of nitrogens with one attached hydrogen (secondary N) is 2. The average molecular weight is 1060 g/mol. The number of nitrogens with zero attached hydrogens (tertiary/aromatic N) is 14. The van der Waals surface area contributed by atoms with Crippen LogP contribution >= 0.6 is 0 Å². The van der Waals surface area contributed by atoms with Gasteiger partial charge in [-0.25, -0.2) is 48.7 Å². The van der Waals surface area contributed by atoms with Crippen molar-refractivity contribution in [3.63, 3.8) is 0 Å². The van der Waals surface area contributed by atoms with Gasteiger partial charge < -0.3 is 39.4 Å². The first-order valence-corrected chi connectivity index (χ1v) is 28.2. The number of aryl methyl sites for hydroxylation is 2. The molecule has 0 radical (unpaired) electrons. The fourth-order valence-electron chi connectivity index (χ4n) is 12.8. The molecule has 10 heterocycles. The molecule has 0 saturated carbocycles. The summed E-state index contributed by atoms with van der Waals surface area (Å²) in [6.07, 6.45) is 13.6. The number of halogens is 2. The van der Waals surface area contributed by atoms with Crippen molar-refractivity contribution in [3.05, 3.63) is 109 Å². The van der Waals surface area contributed by atoms with Crippen LogP contribution in [0.15, 0.2) is 85.5 Å². The third-order valence-electron chi connectivity index (χ3n) is 17.0. The maximum absolute atomic E-state index is 14.9. The van der Waals surface area contributed by atoms with Gasteiger partial charge >= 0.3 is 0 Å². The molecule has 4 saturated heterocycles. The summed E-state index contributed by atoms with van der Waals surface area (Å²) in [6, 6.07) is 20.1. The van der Waals surface area contributed by atoms with Crippen LogP contribution in [0.2, 0.25) is 0 Å². The highest BCUT2D eigenvalue weighted by Gasteiger charge is 2.43. The van der Waals surface area contributed by atoms with Crippen molar-refractivity contribution in [2.75, 3.05) is 85.9 Å². The molecule has 16 nitrogen and oxygen atoms in total. The van der Waals surface area contributed by atoms with E-state index in [0.29, 0.717) is 51.5 Å². The third kappa shape index (κ3) is 10.7. The first-order chi connectivity index (χ1) is 37.7. The van der Waals surface area contributed by atoms with Gasteiger partial charge in [0, 0.05) is 73.3 Å². The van der Waals surface area contributed by atoms with Crippen molar-refractivity contribution in [3.8, 4) is 22.5 Å². The topological polar surface area (TPSA) is 150 Å². The molecule has 12 rings (SSSR count). The minimum atomic E-state index is -0.470. The quantitative estimate of drug-likeness (QED) is 0.113. The van der Waals surface area contributed by atoms with Gasteiger partial charge in [0.15, 0.2) is 11.6 Å². The van der Waals surface area contributed by atoms with Crippen molar-refractivity contribution in [2.45, 2.75) is 106 Å². The molecule has 6 aromatic heterocycles. The van der Waals surface area contributed by atoms with Gasteiger partial charge in [-0.1, -0.05) is 32.9 Å². The fourth-order valence-corrected chi connectivity index (χ4v) is 12.8. The van der Waals surface area contributed by atoms with Gasteiger partial charge in [-0.2, -0.15) is 0 Å². The van der Waals surface area contributed by atoms with Crippen LogP contribution in [-0.2, 0) is 0 Å². The molecule has 4 aliphatic rings. The molecule has 8 aromatic rings. The standard InChI is InChI=1S/C31H39FN8.C29H35FN8/c1-5-21(3)40-22(4)35-26-10-8-23(16-27(26)40)29-25(32)18-34-30(37-29)36-28-11-9-24(17-33-28)39-15-13-31(20-39)12-7-14-38(6-2)19-31;1-5-36-12-10-29(17-36)11-13-37(18-29)22-7-9-26(31-15-22)34-28-32-16-23(30)27(35-28)21-6-8-24-25(14-21)38(19(2)3)20(4)33-24/h8-11,16-18,21H,5-7,12-15,19-20H2,1-4H3,(H,33,34,36,37);6-9,14-16,19H,5,10-13,17-18H2,1-4H3,(H,31,32,34,35). The number of likely N-dealkylation sites (tertiary alicyclic amines) is 2. The molecule has 0 bridgehead atoms. The number of hydrogen-bond acceptors (Lipinski definition) is 14. The van der Waals surface area contributed by atoms with Crippen LogP contribution in [0, 0.1) is 36.3 Å². The highest BCUT2D eigenvalue weighted by atomic mass is 19.1. The first kappa shape index (κ1) is 52.9. The number of piperidine rings is 1. The van der Waals surface area contributed by atoms with Crippen molar-refractivity contribution >= 4 is 57.0 Å². The molecule has 2 N–H and O–H groups in total. The zero-order chi connectivity index (χ0) is 54.3. The Hall–Kier alpha value is -7.18. The maximum atomic E-state index is 14.9. The molecular weight excluding hydrogens is 983 g/mol. The molecule has 2 aromatic carbocycles. The Balaban J connectivity index is 0.000000166. The predicted octanol–water partition coefficient (Wildman–Crippen LogP) is 11.9. The Bertz CT molecular complexity index is 3410. The SMILES string of the molecule is CCC(C)n1c(C)nc2ccc(-c3nc(Nc4ccc(N5CCC6(CCCN(CC)C6)C5)cn4)ncc3F)cc21.CCN1CCC2(CCN(c3ccc(Nc4ncc(F)c(-c5ccc6nc(C)n(C(C)C)c6c5)n4)nc3)C2)C1. The van der Waals surface area contributed by atoms with E-state index in [2.05, 4.69) is 128 Å². The molecule has 2 spiro atoms. The molecular formula is C60H74F2N16. The minimum Gasteiger partial charge on any atom is -0.370 e. The minimum absolute atomic E-state index is 0.243. The van der Waals surface area contributed by atoms with Crippen LogP contribution in [0.4, 0.5) is 43.7 Å². The van der Waals surface area contributed by atoms with Gasteiger partial charge in [-0.05, 0) is 148 Å². The number of fused-ring (bicyclic) bond motifs is 2. The zero-order valence-electron chi connectivity index (χ0n) is 46.6. The second-order valence-corrected chi connectivity index (χ2v) is 22.6. The van der Waals surface area contributed by atoms with Crippen LogP contribution in [0.5, 0.6) is 0 Å². The lowest BCUT2D eigenvalue weighted by Gasteiger charge is -2.40. The number of rotatable bonds is 13. The molecule has 0 aliphatic carbocycles. The Kier molecular flexibility index (Phi) is 14.9. The molecule has 3 unspecified atom stereocenters. The highest BCUT2D eigenvalue weighted by molar-refractivity contribution is 5.83. The number of hydrogen-bond donors (Lipinski definition) is 2. The Labute approximate surface area is 456 Å². The van der Waals surface area contributed by atoms with Gasteiger partial charge in [0.05, 0.1) is 58.2 Å². The summed E-state index contributed by atoms with van der Waals surface area (Å²) in [6.45, 7) is 28.5. The second kappa shape index (κ2) is 21.9. The summed E-state index contributed by atoms with van der Waals surface area (Å²) in [5, 5.41) is 6.32. The Morgan fingerprint density at radius 1 is 0.538 bits per heavy atom. The van der Waals surface area contributed by atoms with Crippen molar-refractivity contribution < 1.29 is 8.78 Å². The molecule has 78 heavy (non-hydrogen) atoms. The molecule has 3 atom stereocenters. The van der Waals surface area contributed by atoms with E-state index in [1.54, 1.807) is 0 Å². The number of pyridine rings is 2. The average Bonchev–Trinajstić information content (AvgIpc) is 4.30. The number of anilines is 6. The van der Waals surface area contributed by atoms with Gasteiger partial charge in [-0.3, -0.25) is 0 Å². The summed E-state index contributed by atoms with van der Waals surface area (Å²) < 4.78 is 34.2. The van der Waals surface area contributed by atoms with Gasteiger partial charge in [-0.15, -0.1) is 0 Å². The first-order valence-electron chi connectivity index (χ1n) is 28.2. The van der Waals surface area contributed by atoms with E-state index < -0.39 is 11.6 Å². The van der Waals surface area contributed by atoms with E-state index in [0.717, 1.165) is 90.8 Å². The van der Waals surface area contributed by atoms with E-state index in [-0.39, 0.29) is 17.4 Å². The maximum Gasteiger partial charge on any atom is 0.229 e. The third-order valence-corrected chi connectivity index (χ3v) is 17.0. The van der Waals surface area contributed by atoms with Gasteiger partial charge in [0.25, 0.3) is 0 Å². The summed E-state index contributed by atoms with van der Waals surface area (Å²) in [4.78, 5) is 46.0. The second-order valence-electron chi connectivity index (χ2n) is 22.6. The van der Waals surface area contributed by atoms with E-state index in [4.69, 9.17) is 4.98 Å². The number of imidazole rings is 2. The van der Waals surface area contributed by atoms with Gasteiger partial charge in [0.2, 0.25) is 11.9 Å². The van der Waals surface area contributed by atoms with Crippen LogP contribution in [0.25, 0.3) is 44.6 Å². The van der Waals surface area contributed by atoms with Crippen LogP contribution in [-0.4, -0.2) is 124 Å². The van der Waals surface area contributed by atoms with E-state index in [1.807, 2.05) is 74.8 Å². The number of benzene rings is 2. The summed E-state index contributed by atoms with van der Waals surface area (Å²) >= 11 is 0. The summed E-state index contributed by atoms with van der Waals surface area (Å²) in [5.74, 6) is 2.82. The molecule has 408 valence electrons. The normalized spacial score (nSPS) is 20.2. The molecule has 18 heteroatoms. The van der Waals surface area contributed by atoms with Crippen molar-refractivity contribution in [1.82, 2.24) is 58.8 Å². The largest absolute Gasteiger partial charge is 0.370 e. The van der Waals surface area contributed by atoms with Crippen LogP contribution in [0.1, 0.15) is 104 Å². The fraction of sp³-hybridized carbons (Fsp3) is 0.467. The lowest BCUT2D eigenvalue weighted by Crippen LogP contribution is -2.44. The molecule has 4 aliphatic heterocycles. The van der Waals surface area contributed by atoms with E-state index >= 15 is 0 Å². The van der Waals surface area contributed by atoms with E-state index in [1.165, 1.54) is 70.7 Å². The van der Waals surface area contributed by atoms with Gasteiger partial charge in [0.1, 0.15) is 34.7 Å². The monoisotopic (exact) mass is 1060 g/mol. The van der Waals surface area contributed by atoms with Crippen molar-refractivity contribution in [1.29, 1.82) is 0 Å². The van der Waals surface area contributed by atoms with Crippen LogP contribution < -0.4 is 20.4 Å². The lowest BCUT2D eigenvalue weighted by atomic mass is 9.79. The summed E-state index contributed by atoms with van der Waals surface area (Å²) in [5.41, 5.74) is 8.68. The summed E-state index contributed by atoms with van der Waals surface area (Å²) in [7, 11) is 0. The Morgan fingerprint density at radius 2 is 1.03 bits per heavy atom. The van der Waals surface area contributed by atoms with E-state index in [9.17, 15) is 8.78 Å². The smallest absolute Gasteiger partial charge is 0.229 e. The lowest BCUT2D eigenvalue weighted by molar-refractivity contribution is 0.110. The van der Waals surface area contributed by atoms with Crippen LogP contribution in [0.3, 0.4) is 0 Å². The highest BCUT2D eigenvalue weighted by Crippen LogP contribution is 2.42.